The van der Waals surface area contributed by atoms with Gasteiger partial charge in [0.25, 0.3) is 5.91 Å². The summed E-state index contributed by atoms with van der Waals surface area (Å²) < 4.78 is 10.5. The summed E-state index contributed by atoms with van der Waals surface area (Å²) in [5.74, 6) is 0.254. The summed E-state index contributed by atoms with van der Waals surface area (Å²) in [6, 6.07) is 15.2. The van der Waals surface area contributed by atoms with E-state index in [1.807, 2.05) is 13.0 Å². The van der Waals surface area contributed by atoms with E-state index in [0.717, 1.165) is 11.1 Å². The first-order valence-corrected chi connectivity index (χ1v) is 8.74. The zero-order valence-electron chi connectivity index (χ0n) is 15.2. The molecule has 0 bridgehead atoms. The van der Waals surface area contributed by atoms with Crippen LogP contribution in [0.4, 0.5) is 0 Å². The number of carbonyl (C=O) groups excluding carboxylic acids is 2. The zero-order valence-corrected chi connectivity index (χ0v) is 16.0. The quantitative estimate of drug-likeness (QED) is 0.392. The number of ether oxygens (including phenoxy) is 1. The fraction of sp³-hybridized carbons (Fsp3) is 0.0952. The van der Waals surface area contributed by atoms with E-state index in [1.54, 1.807) is 48.5 Å². The fourth-order valence-corrected chi connectivity index (χ4v) is 2.65. The highest BCUT2D eigenvalue weighted by Gasteiger charge is 2.12. The second kappa shape index (κ2) is 8.54. The molecule has 28 heavy (non-hydrogen) atoms. The van der Waals surface area contributed by atoms with E-state index in [2.05, 4.69) is 10.5 Å². The average Bonchev–Trinajstić information content (AvgIpc) is 3.16. The van der Waals surface area contributed by atoms with Gasteiger partial charge in [-0.1, -0.05) is 17.7 Å². The van der Waals surface area contributed by atoms with Crippen molar-refractivity contribution in [1.29, 1.82) is 0 Å². The lowest BCUT2D eigenvalue weighted by molar-refractivity contribution is 0.0600. The predicted octanol–water partition coefficient (Wildman–Crippen LogP) is 4.46. The lowest BCUT2D eigenvalue weighted by atomic mass is 10.0. The summed E-state index contributed by atoms with van der Waals surface area (Å²) in [4.78, 5) is 23.7. The van der Waals surface area contributed by atoms with Crippen molar-refractivity contribution in [2.75, 3.05) is 7.11 Å². The van der Waals surface area contributed by atoms with Crippen LogP contribution in [0.2, 0.25) is 5.02 Å². The molecular formula is C21H17ClN2O4. The molecule has 0 aliphatic heterocycles. The van der Waals surface area contributed by atoms with Gasteiger partial charge in [-0.05, 0) is 61.0 Å². The van der Waals surface area contributed by atoms with Gasteiger partial charge in [-0.25, -0.2) is 10.2 Å². The number of hydrazone groups is 1. The van der Waals surface area contributed by atoms with Crippen LogP contribution >= 0.6 is 11.6 Å². The molecule has 0 aliphatic carbocycles. The van der Waals surface area contributed by atoms with E-state index in [9.17, 15) is 9.59 Å². The molecule has 1 amide bonds. The monoisotopic (exact) mass is 396 g/mol. The molecule has 142 valence electrons. The molecule has 0 saturated heterocycles. The van der Waals surface area contributed by atoms with Crippen LogP contribution in [-0.2, 0) is 4.74 Å². The third-order valence-corrected chi connectivity index (χ3v) is 4.27. The summed E-state index contributed by atoms with van der Waals surface area (Å²) in [5.41, 5.74) is 5.02. The van der Waals surface area contributed by atoms with E-state index >= 15 is 0 Å². The van der Waals surface area contributed by atoms with Crippen molar-refractivity contribution in [3.05, 3.63) is 82.1 Å². The van der Waals surface area contributed by atoms with Gasteiger partial charge in [-0.2, -0.15) is 5.10 Å². The minimum atomic E-state index is -0.417. The maximum Gasteiger partial charge on any atom is 0.337 e. The number of furan rings is 1. The Hall–Kier alpha value is -3.38. The molecular weight excluding hydrogens is 380 g/mol. The highest BCUT2D eigenvalue weighted by atomic mass is 35.5. The molecule has 1 N–H and O–H groups in total. The number of hydrogen-bond donors (Lipinski definition) is 1. The molecule has 0 fully saturated rings. The van der Waals surface area contributed by atoms with Crippen LogP contribution in [0.5, 0.6) is 0 Å². The third kappa shape index (κ3) is 4.47. The molecule has 0 spiro atoms. The third-order valence-electron chi connectivity index (χ3n) is 4.02. The van der Waals surface area contributed by atoms with E-state index < -0.39 is 5.97 Å². The van der Waals surface area contributed by atoms with Crippen molar-refractivity contribution in [2.45, 2.75) is 6.92 Å². The molecule has 6 nitrogen and oxygen atoms in total. The van der Waals surface area contributed by atoms with Crippen molar-refractivity contribution in [3.8, 4) is 11.3 Å². The molecule has 0 atom stereocenters. The SMILES string of the molecule is COC(=O)c1ccc(C)c(-c2ccc(/C=N\NC(=O)c3ccc(Cl)cc3)o2)c1. The second-order valence-corrected chi connectivity index (χ2v) is 6.37. The molecule has 1 heterocycles. The first-order valence-electron chi connectivity index (χ1n) is 8.36. The van der Waals surface area contributed by atoms with Gasteiger partial charge >= 0.3 is 5.97 Å². The summed E-state index contributed by atoms with van der Waals surface area (Å²) >= 11 is 5.80. The average molecular weight is 397 g/mol. The number of carbonyl (C=O) groups is 2. The number of halogens is 1. The van der Waals surface area contributed by atoms with Crippen LogP contribution in [0, 0.1) is 6.92 Å². The lowest BCUT2D eigenvalue weighted by Crippen LogP contribution is -2.17. The molecule has 0 aliphatic rings. The number of nitrogens with one attached hydrogen (secondary N) is 1. The number of amides is 1. The standard InChI is InChI=1S/C21H17ClN2O4/c1-13-3-4-15(21(26)27-2)11-18(13)19-10-9-17(28-19)12-23-24-20(25)14-5-7-16(22)8-6-14/h3-12H,1-2H3,(H,24,25)/b23-12-. The van der Waals surface area contributed by atoms with Crippen molar-refractivity contribution in [3.63, 3.8) is 0 Å². The summed E-state index contributed by atoms with van der Waals surface area (Å²) in [6.45, 7) is 1.92. The van der Waals surface area contributed by atoms with Gasteiger partial charge in [0.1, 0.15) is 11.5 Å². The lowest BCUT2D eigenvalue weighted by Gasteiger charge is -2.05. The number of esters is 1. The van der Waals surface area contributed by atoms with Gasteiger partial charge in [0, 0.05) is 16.1 Å². The highest BCUT2D eigenvalue weighted by Crippen LogP contribution is 2.26. The van der Waals surface area contributed by atoms with Gasteiger partial charge < -0.3 is 9.15 Å². The Morgan fingerprint density at radius 3 is 2.50 bits per heavy atom. The predicted molar refractivity (Wildman–Crippen MR) is 107 cm³/mol. The largest absolute Gasteiger partial charge is 0.465 e. The van der Waals surface area contributed by atoms with Gasteiger partial charge in [-0.15, -0.1) is 0 Å². The van der Waals surface area contributed by atoms with Crippen LogP contribution in [0.1, 0.15) is 32.0 Å². The maximum absolute atomic E-state index is 12.0. The number of nitrogens with zero attached hydrogens (tertiary/aromatic N) is 1. The smallest absolute Gasteiger partial charge is 0.337 e. The zero-order chi connectivity index (χ0) is 20.1. The van der Waals surface area contributed by atoms with Crippen LogP contribution < -0.4 is 5.43 Å². The number of aryl methyl sites for hydroxylation is 1. The molecule has 0 saturated carbocycles. The number of methoxy groups -OCH3 is 1. The Bertz CT molecular complexity index is 1040. The molecule has 3 aromatic rings. The minimum absolute atomic E-state index is 0.360. The Balaban J connectivity index is 1.72. The molecule has 1 aromatic heterocycles. The molecule has 7 heteroatoms. The highest BCUT2D eigenvalue weighted by molar-refractivity contribution is 6.30. The van der Waals surface area contributed by atoms with Crippen LogP contribution in [-0.4, -0.2) is 25.2 Å². The van der Waals surface area contributed by atoms with Crippen molar-refractivity contribution < 1.29 is 18.7 Å². The number of benzene rings is 2. The fourth-order valence-electron chi connectivity index (χ4n) is 2.52. The normalized spacial score (nSPS) is 10.8. The van der Waals surface area contributed by atoms with Crippen molar-refractivity contribution in [1.82, 2.24) is 5.43 Å². The molecule has 2 aromatic carbocycles. The Kier molecular flexibility index (Phi) is 5.91. The van der Waals surface area contributed by atoms with Crippen LogP contribution in [0.25, 0.3) is 11.3 Å². The van der Waals surface area contributed by atoms with Crippen molar-refractivity contribution >= 4 is 29.7 Å². The summed E-state index contributed by atoms with van der Waals surface area (Å²) in [7, 11) is 1.33. The van der Waals surface area contributed by atoms with E-state index in [4.69, 9.17) is 20.8 Å². The molecule has 0 unspecified atom stereocenters. The number of rotatable bonds is 5. The first kappa shape index (κ1) is 19.4. The Morgan fingerprint density at radius 2 is 1.79 bits per heavy atom. The topological polar surface area (TPSA) is 80.9 Å². The first-order chi connectivity index (χ1) is 13.5. The van der Waals surface area contributed by atoms with Gasteiger partial charge in [0.05, 0.1) is 18.9 Å². The summed E-state index contributed by atoms with van der Waals surface area (Å²) in [5, 5.41) is 4.45. The van der Waals surface area contributed by atoms with Crippen LogP contribution in [0.15, 0.2) is 64.1 Å². The molecule has 3 rings (SSSR count). The van der Waals surface area contributed by atoms with E-state index in [1.165, 1.54) is 13.3 Å². The minimum Gasteiger partial charge on any atom is -0.465 e. The second-order valence-electron chi connectivity index (χ2n) is 5.93. The Labute approximate surface area is 166 Å². The van der Waals surface area contributed by atoms with E-state index in [-0.39, 0.29) is 5.91 Å². The maximum atomic E-state index is 12.0. The van der Waals surface area contributed by atoms with Crippen molar-refractivity contribution in [2.24, 2.45) is 5.10 Å². The van der Waals surface area contributed by atoms with Gasteiger partial charge in [-0.3, -0.25) is 4.79 Å². The van der Waals surface area contributed by atoms with E-state index in [0.29, 0.717) is 27.7 Å². The summed E-state index contributed by atoms with van der Waals surface area (Å²) in [6.07, 6.45) is 1.40. The van der Waals surface area contributed by atoms with Gasteiger partial charge in [0.15, 0.2) is 0 Å². The Morgan fingerprint density at radius 1 is 1.07 bits per heavy atom. The molecule has 0 radical (unpaired) electrons. The van der Waals surface area contributed by atoms with Crippen LogP contribution in [0.3, 0.4) is 0 Å². The van der Waals surface area contributed by atoms with Gasteiger partial charge in [0.2, 0.25) is 0 Å². The number of hydrogen-bond acceptors (Lipinski definition) is 5.